The van der Waals surface area contributed by atoms with Gasteiger partial charge in [-0.25, -0.2) is 0 Å². The first-order valence-corrected chi connectivity index (χ1v) is 9.71. The van der Waals surface area contributed by atoms with Gasteiger partial charge in [0.25, 0.3) is 0 Å². The van der Waals surface area contributed by atoms with E-state index in [1.165, 1.54) is 62.5 Å². The van der Waals surface area contributed by atoms with Crippen molar-refractivity contribution in [2.45, 2.75) is 78.6 Å². The lowest BCUT2D eigenvalue weighted by atomic mass is 10.1. The molecule has 0 saturated carbocycles. The zero-order chi connectivity index (χ0) is 17.6. The summed E-state index contributed by atoms with van der Waals surface area (Å²) in [4.78, 5) is 11.9. The Morgan fingerprint density at radius 2 is 1.54 bits per heavy atom. The molecule has 136 valence electrons. The van der Waals surface area contributed by atoms with Crippen LogP contribution in [0.3, 0.4) is 0 Å². The number of hydrogen-bond acceptors (Lipinski definition) is 2. The van der Waals surface area contributed by atoms with Crippen molar-refractivity contribution in [2.75, 3.05) is 18.4 Å². The van der Waals surface area contributed by atoms with Crippen molar-refractivity contribution < 1.29 is 4.79 Å². The third kappa shape index (κ3) is 9.59. The third-order valence-electron chi connectivity index (χ3n) is 4.43. The average Bonchev–Trinajstić information content (AvgIpc) is 2.57. The number of amides is 1. The maximum Gasteiger partial charge on any atom is 0.239 e. The van der Waals surface area contributed by atoms with Crippen LogP contribution in [0.2, 0.25) is 0 Å². The number of anilines is 1. The number of carbonyl (C=O) groups excluding carboxylic acids is 1. The van der Waals surface area contributed by atoms with Crippen LogP contribution in [0.25, 0.3) is 0 Å². The molecule has 1 amide bonds. The van der Waals surface area contributed by atoms with E-state index in [4.69, 9.17) is 0 Å². The van der Waals surface area contributed by atoms with Crippen molar-refractivity contribution in [1.82, 2.24) is 5.32 Å². The second-order valence-corrected chi connectivity index (χ2v) is 6.85. The summed E-state index contributed by atoms with van der Waals surface area (Å²) >= 11 is 0. The summed E-state index contributed by atoms with van der Waals surface area (Å²) in [5.41, 5.74) is 3.43. The van der Waals surface area contributed by atoms with E-state index in [9.17, 15) is 4.79 Å². The van der Waals surface area contributed by atoms with Crippen molar-refractivity contribution in [1.29, 1.82) is 0 Å². The Labute approximate surface area is 148 Å². The van der Waals surface area contributed by atoms with Crippen molar-refractivity contribution >= 4 is 11.6 Å². The fraction of sp³-hybridized carbons (Fsp3) is 0.667. The molecule has 0 bridgehead atoms. The number of nitrogens with one attached hydrogen (secondary N) is 2. The molecule has 0 unspecified atom stereocenters. The Kier molecular flexibility index (Phi) is 11.0. The normalized spacial score (nSPS) is 10.6. The summed E-state index contributed by atoms with van der Waals surface area (Å²) in [6.45, 7) is 7.52. The standard InChI is InChI=1S/C21H36N2O/c1-4-5-6-7-8-9-10-11-12-15-22-21(24)17-23-20-16-18(2)13-14-19(20)3/h13-14,16,23H,4-12,15,17H2,1-3H3,(H,22,24). The van der Waals surface area contributed by atoms with Crippen LogP contribution >= 0.6 is 0 Å². The number of aryl methyl sites for hydroxylation is 2. The summed E-state index contributed by atoms with van der Waals surface area (Å²) in [5, 5.41) is 6.23. The van der Waals surface area contributed by atoms with E-state index >= 15 is 0 Å². The fourth-order valence-electron chi connectivity index (χ4n) is 2.83. The molecule has 2 N–H and O–H groups in total. The van der Waals surface area contributed by atoms with Crippen LogP contribution in [0.4, 0.5) is 5.69 Å². The maximum absolute atomic E-state index is 11.9. The molecule has 0 fully saturated rings. The van der Waals surface area contributed by atoms with Gasteiger partial charge >= 0.3 is 0 Å². The van der Waals surface area contributed by atoms with Crippen molar-refractivity contribution in [3.05, 3.63) is 29.3 Å². The summed E-state index contributed by atoms with van der Waals surface area (Å²) < 4.78 is 0. The Morgan fingerprint density at radius 1 is 0.917 bits per heavy atom. The Bertz CT molecular complexity index is 471. The van der Waals surface area contributed by atoms with Crippen LogP contribution in [-0.2, 0) is 4.79 Å². The SMILES string of the molecule is CCCCCCCCCCCNC(=O)CNc1cc(C)ccc1C. The summed E-state index contributed by atoms with van der Waals surface area (Å²) in [6.07, 6.45) is 11.8. The van der Waals surface area contributed by atoms with Gasteiger partial charge in [-0.3, -0.25) is 4.79 Å². The minimum Gasteiger partial charge on any atom is -0.376 e. The molecule has 0 radical (unpaired) electrons. The van der Waals surface area contributed by atoms with E-state index in [0.717, 1.165) is 18.7 Å². The predicted octanol–water partition coefficient (Wildman–Crippen LogP) is 5.36. The van der Waals surface area contributed by atoms with E-state index in [2.05, 4.69) is 49.6 Å². The Balaban J connectivity index is 1.99. The molecule has 0 aliphatic heterocycles. The molecule has 1 aromatic rings. The molecular weight excluding hydrogens is 296 g/mol. The monoisotopic (exact) mass is 332 g/mol. The van der Waals surface area contributed by atoms with Gasteiger partial charge < -0.3 is 10.6 Å². The topological polar surface area (TPSA) is 41.1 Å². The number of carbonyl (C=O) groups is 1. The highest BCUT2D eigenvalue weighted by Gasteiger charge is 2.03. The summed E-state index contributed by atoms with van der Waals surface area (Å²) in [5.74, 6) is 0.0791. The van der Waals surface area contributed by atoms with Gasteiger partial charge in [-0.2, -0.15) is 0 Å². The minimum absolute atomic E-state index is 0.0791. The van der Waals surface area contributed by atoms with Gasteiger partial charge in [-0.15, -0.1) is 0 Å². The third-order valence-corrected chi connectivity index (χ3v) is 4.43. The van der Waals surface area contributed by atoms with E-state index < -0.39 is 0 Å². The molecule has 0 aromatic heterocycles. The Hall–Kier alpha value is -1.51. The highest BCUT2D eigenvalue weighted by molar-refractivity contribution is 5.80. The van der Waals surface area contributed by atoms with Crippen LogP contribution < -0.4 is 10.6 Å². The van der Waals surface area contributed by atoms with Crippen molar-refractivity contribution in [3.8, 4) is 0 Å². The zero-order valence-electron chi connectivity index (χ0n) is 15.9. The van der Waals surface area contributed by atoms with Crippen molar-refractivity contribution in [3.63, 3.8) is 0 Å². The molecule has 0 aliphatic carbocycles. The van der Waals surface area contributed by atoms with E-state index in [1.54, 1.807) is 0 Å². The number of unbranched alkanes of at least 4 members (excludes halogenated alkanes) is 8. The van der Waals surface area contributed by atoms with Crippen LogP contribution in [0.5, 0.6) is 0 Å². The molecule has 0 spiro atoms. The fourth-order valence-corrected chi connectivity index (χ4v) is 2.83. The molecule has 3 nitrogen and oxygen atoms in total. The van der Waals surface area contributed by atoms with Crippen LogP contribution in [0, 0.1) is 13.8 Å². The van der Waals surface area contributed by atoms with E-state index in [1.807, 2.05) is 0 Å². The van der Waals surface area contributed by atoms with Crippen molar-refractivity contribution in [2.24, 2.45) is 0 Å². The van der Waals surface area contributed by atoms with Gasteiger partial charge in [0.15, 0.2) is 0 Å². The highest BCUT2D eigenvalue weighted by Crippen LogP contribution is 2.15. The van der Waals surface area contributed by atoms with Crippen LogP contribution in [-0.4, -0.2) is 19.0 Å². The average molecular weight is 333 g/mol. The molecule has 3 heteroatoms. The molecule has 0 heterocycles. The molecular formula is C21H36N2O. The number of benzene rings is 1. The highest BCUT2D eigenvalue weighted by atomic mass is 16.1. The van der Waals surface area contributed by atoms with Gasteiger partial charge in [-0.1, -0.05) is 70.4 Å². The quantitative estimate of drug-likeness (QED) is 0.477. The number of rotatable bonds is 13. The number of hydrogen-bond donors (Lipinski definition) is 2. The lowest BCUT2D eigenvalue weighted by molar-refractivity contribution is -0.119. The second-order valence-electron chi connectivity index (χ2n) is 6.85. The first-order chi connectivity index (χ1) is 11.6. The van der Waals surface area contributed by atoms with Gasteiger partial charge in [0.05, 0.1) is 6.54 Å². The molecule has 0 aliphatic rings. The second kappa shape index (κ2) is 12.9. The van der Waals surface area contributed by atoms with E-state index in [0.29, 0.717) is 6.54 Å². The summed E-state index contributed by atoms with van der Waals surface area (Å²) in [6, 6.07) is 6.26. The van der Waals surface area contributed by atoms with Gasteiger partial charge in [0.1, 0.15) is 0 Å². The van der Waals surface area contributed by atoms with Gasteiger partial charge in [-0.05, 0) is 37.5 Å². The lowest BCUT2D eigenvalue weighted by Crippen LogP contribution is -2.30. The van der Waals surface area contributed by atoms with Gasteiger partial charge in [0.2, 0.25) is 5.91 Å². The van der Waals surface area contributed by atoms with E-state index in [-0.39, 0.29) is 5.91 Å². The summed E-state index contributed by atoms with van der Waals surface area (Å²) in [7, 11) is 0. The van der Waals surface area contributed by atoms with Crippen LogP contribution in [0.15, 0.2) is 18.2 Å². The molecule has 24 heavy (non-hydrogen) atoms. The zero-order valence-corrected chi connectivity index (χ0v) is 15.9. The first kappa shape index (κ1) is 20.5. The lowest BCUT2D eigenvalue weighted by Gasteiger charge is -2.11. The maximum atomic E-state index is 11.9. The first-order valence-electron chi connectivity index (χ1n) is 9.71. The smallest absolute Gasteiger partial charge is 0.239 e. The molecule has 1 aromatic carbocycles. The molecule has 1 rings (SSSR count). The predicted molar refractivity (Wildman–Crippen MR) is 105 cm³/mol. The Morgan fingerprint density at radius 3 is 2.21 bits per heavy atom. The van der Waals surface area contributed by atoms with Gasteiger partial charge in [0, 0.05) is 12.2 Å². The minimum atomic E-state index is 0.0791. The molecule has 0 atom stereocenters. The van der Waals surface area contributed by atoms with Crippen LogP contribution in [0.1, 0.15) is 75.8 Å². The molecule has 0 saturated heterocycles. The largest absolute Gasteiger partial charge is 0.376 e.